The van der Waals surface area contributed by atoms with Crippen molar-refractivity contribution in [3.63, 3.8) is 0 Å². The number of hydrogen-bond donors (Lipinski definition) is 2. The van der Waals surface area contributed by atoms with Gasteiger partial charge in [-0.2, -0.15) is 0 Å². The molecule has 0 saturated heterocycles. The quantitative estimate of drug-likeness (QED) is 0.559. The number of nitrogens with two attached hydrogens (primary N) is 1. The molecule has 0 rings (SSSR count). The molecule has 82 valence electrons. The highest BCUT2D eigenvalue weighted by Crippen LogP contribution is 1.92. The van der Waals surface area contributed by atoms with E-state index >= 15 is 0 Å². The van der Waals surface area contributed by atoms with Crippen LogP contribution in [0.25, 0.3) is 0 Å². The van der Waals surface area contributed by atoms with Crippen molar-refractivity contribution in [2.45, 2.75) is 26.3 Å². The van der Waals surface area contributed by atoms with E-state index in [1.165, 1.54) is 0 Å². The molecular weight excluding hydrogens is 182 g/mol. The lowest BCUT2D eigenvalue weighted by Crippen LogP contribution is -2.40. The summed E-state index contributed by atoms with van der Waals surface area (Å²) in [6, 6.07) is 0.195. The van der Waals surface area contributed by atoms with Gasteiger partial charge >= 0.3 is 0 Å². The van der Waals surface area contributed by atoms with Crippen molar-refractivity contribution < 1.29 is 9.59 Å². The number of amides is 2. The van der Waals surface area contributed by atoms with Crippen LogP contribution in [0.2, 0.25) is 0 Å². The van der Waals surface area contributed by atoms with Crippen LogP contribution in [0, 0.1) is 0 Å². The fourth-order valence-electron chi connectivity index (χ4n) is 0.820. The van der Waals surface area contributed by atoms with Crippen LogP contribution in [-0.2, 0) is 9.59 Å². The number of carbonyl (C=O) groups is 2. The normalized spacial score (nSPS) is 10.3. The van der Waals surface area contributed by atoms with E-state index in [1.54, 1.807) is 11.9 Å². The lowest BCUT2D eigenvalue weighted by molar-refractivity contribution is -0.130. The van der Waals surface area contributed by atoms with Gasteiger partial charge in [0, 0.05) is 26.1 Å². The van der Waals surface area contributed by atoms with Gasteiger partial charge in [0.2, 0.25) is 11.8 Å². The fourth-order valence-corrected chi connectivity index (χ4v) is 0.820. The molecule has 0 aromatic rings. The molecule has 5 heteroatoms. The Balaban J connectivity index is 3.59. The molecule has 0 heterocycles. The number of hydrogen-bond acceptors (Lipinski definition) is 3. The van der Waals surface area contributed by atoms with E-state index in [0.29, 0.717) is 6.54 Å². The van der Waals surface area contributed by atoms with Gasteiger partial charge in [-0.1, -0.05) is 0 Å². The van der Waals surface area contributed by atoms with E-state index in [1.807, 2.05) is 13.8 Å². The predicted octanol–water partition coefficient (Wildman–Crippen LogP) is -0.682. The lowest BCUT2D eigenvalue weighted by Gasteiger charge is -2.21. The Morgan fingerprint density at radius 1 is 1.43 bits per heavy atom. The first-order valence-electron chi connectivity index (χ1n) is 4.69. The summed E-state index contributed by atoms with van der Waals surface area (Å²) in [5.74, 6) is -0.341. The van der Waals surface area contributed by atoms with Crippen molar-refractivity contribution in [1.82, 2.24) is 10.2 Å². The van der Waals surface area contributed by atoms with E-state index in [2.05, 4.69) is 5.32 Å². The van der Waals surface area contributed by atoms with Crippen molar-refractivity contribution in [3.8, 4) is 0 Å². The van der Waals surface area contributed by atoms with Crippen molar-refractivity contribution in [2.24, 2.45) is 5.73 Å². The summed E-state index contributed by atoms with van der Waals surface area (Å²) in [6.45, 7) is 4.59. The summed E-state index contributed by atoms with van der Waals surface area (Å²) in [5.41, 5.74) is 4.94. The summed E-state index contributed by atoms with van der Waals surface area (Å²) in [7, 11) is 1.75. The first-order valence-corrected chi connectivity index (χ1v) is 4.69. The van der Waals surface area contributed by atoms with E-state index in [-0.39, 0.29) is 30.8 Å². The zero-order valence-corrected chi connectivity index (χ0v) is 9.04. The smallest absolute Gasteiger partial charge is 0.236 e. The van der Waals surface area contributed by atoms with Crippen LogP contribution in [0.4, 0.5) is 0 Å². The van der Waals surface area contributed by atoms with Gasteiger partial charge < -0.3 is 16.0 Å². The van der Waals surface area contributed by atoms with Crippen LogP contribution in [0.5, 0.6) is 0 Å². The fraction of sp³-hybridized carbons (Fsp3) is 0.778. The van der Waals surface area contributed by atoms with Crippen molar-refractivity contribution >= 4 is 11.8 Å². The number of primary amides is 1. The summed E-state index contributed by atoms with van der Waals surface area (Å²) >= 11 is 0. The molecule has 0 aliphatic heterocycles. The maximum Gasteiger partial charge on any atom is 0.236 e. The average molecular weight is 201 g/mol. The number of rotatable bonds is 6. The Kier molecular flexibility index (Phi) is 5.87. The molecule has 0 bridgehead atoms. The van der Waals surface area contributed by atoms with Gasteiger partial charge in [0.25, 0.3) is 0 Å². The lowest BCUT2D eigenvalue weighted by atomic mass is 10.3. The minimum atomic E-state index is -0.359. The van der Waals surface area contributed by atoms with Crippen LogP contribution >= 0.6 is 0 Å². The van der Waals surface area contributed by atoms with E-state index in [9.17, 15) is 9.59 Å². The molecule has 0 atom stereocenters. The monoisotopic (exact) mass is 201 g/mol. The Morgan fingerprint density at radius 3 is 2.43 bits per heavy atom. The minimum absolute atomic E-state index is 0.0180. The van der Waals surface area contributed by atoms with Crippen molar-refractivity contribution in [3.05, 3.63) is 0 Å². The van der Waals surface area contributed by atoms with Gasteiger partial charge in [-0.05, 0) is 13.8 Å². The molecule has 0 aliphatic rings. The SMILES string of the molecule is CC(C)N(C)C(=O)CNCCC(N)=O. The second-order valence-corrected chi connectivity index (χ2v) is 3.49. The van der Waals surface area contributed by atoms with Crippen LogP contribution < -0.4 is 11.1 Å². The van der Waals surface area contributed by atoms with Gasteiger partial charge in [-0.15, -0.1) is 0 Å². The van der Waals surface area contributed by atoms with Crippen LogP contribution in [0.3, 0.4) is 0 Å². The van der Waals surface area contributed by atoms with Crippen LogP contribution in [0.1, 0.15) is 20.3 Å². The first-order chi connectivity index (χ1) is 6.45. The first kappa shape index (κ1) is 12.9. The molecule has 2 amide bonds. The summed E-state index contributed by atoms with van der Waals surface area (Å²) in [4.78, 5) is 23.4. The van der Waals surface area contributed by atoms with Gasteiger partial charge in [-0.3, -0.25) is 9.59 Å². The third kappa shape index (κ3) is 5.53. The number of likely N-dealkylation sites (N-methyl/N-ethyl adjacent to an activating group) is 1. The highest BCUT2D eigenvalue weighted by molar-refractivity contribution is 5.78. The molecule has 0 aliphatic carbocycles. The van der Waals surface area contributed by atoms with Crippen molar-refractivity contribution in [2.75, 3.05) is 20.1 Å². The second kappa shape index (κ2) is 6.37. The van der Waals surface area contributed by atoms with Gasteiger partial charge in [0.05, 0.1) is 6.54 Å². The van der Waals surface area contributed by atoms with Gasteiger partial charge in [-0.25, -0.2) is 0 Å². The highest BCUT2D eigenvalue weighted by atomic mass is 16.2. The molecule has 0 unspecified atom stereocenters. The number of nitrogens with one attached hydrogen (secondary N) is 1. The Hall–Kier alpha value is -1.10. The highest BCUT2D eigenvalue weighted by Gasteiger charge is 2.10. The van der Waals surface area contributed by atoms with Crippen LogP contribution in [0.15, 0.2) is 0 Å². The van der Waals surface area contributed by atoms with E-state index < -0.39 is 0 Å². The topological polar surface area (TPSA) is 75.4 Å². The van der Waals surface area contributed by atoms with Crippen LogP contribution in [-0.4, -0.2) is 42.9 Å². The molecular formula is C9H19N3O2. The van der Waals surface area contributed by atoms with Gasteiger partial charge in [0.15, 0.2) is 0 Å². The number of carbonyl (C=O) groups excluding carboxylic acids is 2. The molecule has 14 heavy (non-hydrogen) atoms. The van der Waals surface area contributed by atoms with Crippen molar-refractivity contribution in [1.29, 1.82) is 0 Å². The molecule has 0 fully saturated rings. The Morgan fingerprint density at radius 2 is 2.00 bits per heavy atom. The number of nitrogens with zero attached hydrogens (tertiary/aromatic N) is 1. The Bertz CT molecular complexity index is 204. The third-order valence-corrected chi connectivity index (χ3v) is 1.99. The van der Waals surface area contributed by atoms with E-state index in [0.717, 1.165) is 0 Å². The predicted molar refractivity (Wildman–Crippen MR) is 54.6 cm³/mol. The molecule has 0 saturated carbocycles. The van der Waals surface area contributed by atoms with E-state index in [4.69, 9.17) is 5.73 Å². The maximum absolute atomic E-state index is 11.4. The largest absolute Gasteiger partial charge is 0.370 e. The zero-order valence-electron chi connectivity index (χ0n) is 9.04. The zero-order chi connectivity index (χ0) is 11.1. The summed E-state index contributed by atoms with van der Waals surface area (Å²) in [5, 5.41) is 2.86. The minimum Gasteiger partial charge on any atom is -0.370 e. The molecule has 5 nitrogen and oxygen atoms in total. The summed E-state index contributed by atoms with van der Waals surface area (Å²) in [6.07, 6.45) is 0.263. The third-order valence-electron chi connectivity index (χ3n) is 1.99. The average Bonchev–Trinajstić information content (AvgIpc) is 2.10. The molecule has 0 spiro atoms. The second-order valence-electron chi connectivity index (χ2n) is 3.49. The summed E-state index contributed by atoms with van der Waals surface area (Å²) < 4.78 is 0. The molecule has 3 N–H and O–H groups in total. The maximum atomic E-state index is 11.4. The van der Waals surface area contributed by atoms with Gasteiger partial charge in [0.1, 0.15) is 0 Å². The molecule has 0 aromatic carbocycles. The Labute approximate surface area is 84.6 Å². The molecule has 0 aromatic heterocycles. The molecule has 0 radical (unpaired) electrons. The standard InChI is InChI=1S/C9H19N3O2/c1-7(2)12(3)9(14)6-11-5-4-8(10)13/h7,11H,4-6H2,1-3H3,(H2,10,13).